The molecule has 0 aromatic carbocycles. The van der Waals surface area contributed by atoms with Gasteiger partial charge >= 0.3 is 12.0 Å². The summed E-state index contributed by atoms with van der Waals surface area (Å²) in [5.41, 5.74) is 2.43. The van der Waals surface area contributed by atoms with E-state index in [1.165, 1.54) is 21.1 Å². The van der Waals surface area contributed by atoms with Crippen LogP contribution in [0.4, 0.5) is 4.79 Å². The molecule has 104 valence electrons. The molecule has 1 saturated heterocycles. The first-order valence-electron chi connectivity index (χ1n) is 5.78. The van der Waals surface area contributed by atoms with Gasteiger partial charge in [0.2, 0.25) is 0 Å². The number of carboxylic acids is 1. The van der Waals surface area contributed by atoms with Crippen molar-refractivity contribution in [3.8, 4) is 0 Å². The van der Waals surface area contributed by atoms with Crippen LogP contribution in [-0.4, -0.2) is 62.7 Å². The second-order valence-electron chi connectivity index (χ2n) is 4.51. The highest BCUT2D eigenvalue weighted by atomic mass is 32.1. The van der Waals surface area contributed by atoms with Crippen molar-refractivity contribution in [3.63, 3.8) is 0 Å². The molecule has 1 aromatic rings. The van der Waals surface area contributed by atoms with Crippen molar-refractivity contribution in [3.05, 3.63) is 16.6 Å². The second kappa shape index (κ2) is 5.54. The number of likely N-dealkylation sites (tertiary alicyclic amines) is 1. The number of hydrogen-bond acceptors (Lipinski definition) is 5. The van der Waals surface area contributed by atoms with E-state index < -0.39 is 24.1 Å². The van der Waals surface area contributed by atoms with E-state index in [1.54, 1.807) is 12.6 Å². The van der Waals surface area contributed by atoms with Gasteiger partial charge < -0.3 is 20.0 Å². The number of β-amino-alcohol motifs (C(OH)–C–C–N with tert-alkyl or cyclic N) is 1. The van der Waals surface area contributed by atoms with Gasteiger partial charge in [-0.2, -0.15) is 0 Å². The molecule has 1 aliphatic rings. The second-order valence-corrected chi connectivity index (χ2v) is 5.23. The summed E-state index contributed by atoms with van der Waals surface area (Å²) in [6.07, 6.45) is -0.705. The number of hydrogen-bond donors (Lipinski definition) is 2. The summed E-state index contributed by atoms with van der Waals surface area (Å²) in [7, 11) is 1.59. The predicted octanol–water partition coefficient (Wildman–Crippen LogP) is 0.215. The summed E-state index contributed by atoms with van der Waals surface area (Å²) in [6.45, 7) is 0.373. The number of carboxylic acid groups (broad SMARTS) is 1. The minimum Gasteiger partial charge on any atom is -0.480 e. The van der Waals surface area contributed by atoms with Gasteiger partial charge in [-0.05, 0) is 0 Å². The number of amides is 2. The number of aliphatic hydroxyl groups excluding tert-OH is 1. The molecule has 8 heteroatoms. The summed E-state index contributed by atoms with van der Waals surface area (Å²) < 4.78 is 0. The van der Waals surface area contributed by atoms with Crippen LogP contribution in [0.5, 0.6) is 0 Å². The Labute approximate surface area is 114 Å². The van der Waals surface area contributed by atoms with Crippen molar-refractivity contribution in [2.45, 2.75) is 25.1 Å². The molecule has 2 rings (SSSR count). The zero-order valence-corrected chi connectivity index (χ0v) is 11.2. The highest BCUT2D eigenvalue weighted by Crippen LogP contribution is 2.20. The molecule has 0 radical (unpaired) electrons. The first-order valence-corrected chi connectivity index (χ1v) is 6.73. The van der Waals surface area contributed by atoms with Crippen LogP contribution < -0.4 is 0 Å². The van der Waals surface area contributed by atoms with Gasteiger partial charge in [-0.25, -0.2) is 14.6 Å². The van der Waals surface area contributed by atoms with Crippen molar-refractivity contribution < 1.29 is 19.8 Å². The third kappa shape index (κ3) is 3.02. The Morgan fingerprint density at radius 3 is 2.95 bits per heavy atom. The Morgan fingerprint density at radius 1 is 1.63 bits per heavy atom. The minimum absolute atomic E-state index is 0.0528. The quantitative estimate of drug-likeness (QED) is 0.828. The molecule has 0 aliphatic carbocycles. The molecule has 0 spiro atoms. The van der Waals surface area contributed by atoms with Crippen LogP contribution in [0.2, 0.25) is 0 Å². The average molecular weight is 285 g/mol. The Balaban J connectivity index is 2.03. The van der Waals surface area contributed by atoms with E-state index in [9.17, 15) is 14.7 Å². The number of carbonyl (C=O) groups is 2. The van der Waals surface area contributed by atoms with Crippen molar-refractivity contribution in [1.29, 1.82) is 0 Å². The summed E-state index contributed by atoms with van der Waals surface area (Å²) in [4.78, 5) is 29.9. The first-order chi connectivity index (χ1) is 8.99. The van der Waals surface area contributed by atoms with Gasteiger partial charge in [0.15, 0.2) is 0 Å². The Bertz CT molecular complexity index is 465. The molecule has 1 aromatic heterocycles. The Kier molecular flexibility index (Phi) is 4.01. The van der Waals surface area contributed by atoms with Crippen LogP contribution in [0, 0.1) is 0 Å². The Morgan fingerprint density at radius 2 is 2.37 bits per heavy atom. The molecule has 1 fully saturated rings. The molecule has 2 amide bonds. The topological polar surface area (TPSA) is 94.0 Å². The third-order valence-electron chi connectivity index (χ3n) is 3.02. The van der Waals surface area contributed by atoms with Gasteiger partial charge in [-0.1, -0.05) is 0 Å². The molecule has 2 N–H and O–H groups in total. The smallest absolute Gasteiger partial charge is 0.326 e. The molecule has 0 bridgehead atoms. The van der Waals surface area contributed by atoms with Crippen LogP contribution in [0.25, 0.3) is 0 Å². The van der Waals surface area contributed by atoms with Gasteiger partial charge in [-0.3, -0.25) is 0 Å². The predicted molar refractivity (Wildman–Crippen MR) is 67.7 cm³/mol. The average Bonchev–Trinajstić information content (AvgIpc) is 2.97. The number of aliphatic hydroxyl groups is 1. The molecular formula is C11H15N3O4S. The lowest BCUT2D eigenvalue weighted by atomic mass is 10.2. The summed E-state index contributed by atoms with van der Waals surface area (Å²) >= 11 is 1.43. The largest absolute Gasteiger partial charge is 0.480 e. The fraction of sp³-hybridized carbons (Fsp3) is 0.545. The van der Waals surface area contributed by atoms with Crippen molar-refractivity contribution >= 4 is 23.3 Å². The van der Waals surface area contributed by atoms with Crippen LogP contribution in [0.1, 0.15) is 12.1 Å². The summed E-state index contributed by atoms with van der Waals surface area (Å²) in [6, 6.07) is -1.36. The molecular weight excluding hydrogens is 270 g/mol. The van der Waals surface area contributed by atoms with Gasteiger partial charge in [0.1, 0.15) is 6.04 Å². The maximum absolute atomic E-state index is 12.2. The van der Waals surface area contributed by atoms with Crippen LogP contribution in [-0.2, 0) is 11.3 Å². The maximum atomic E-state index is 12.2. The zero-order chi connectivity index (χ0) is 14.0. The first kappa shape index (κ1) is 13.8. The number of aliphatic carboxylic acids is 1. The SMILES string of the molecule is CN(Cc1cscn1)C(=O)N1CC(O)CC1C(=O)O. The number of carbonyl (C=O) groups excluding carboxylic acids is 1. The third-order valence-corrected chi connectivity index (χ3v) is 3.65. The molecule has 7 nitrogen and oxygen atoms in total. The maximum Gasteiger partial charge on any atom is 0.326 e. The Hall–Kier alpha value is -1.67. The molecule has 2 atom stereocenters. The van der Waals surface area contributed by atoms with Crippen molar-refractivity contribution in [2.24, 2.45) is 0 Å². The molecule has 2 unspecified atom stereocenters. The highest BCUT2D eigenvalue weighted by molar-refractivity contribution is 7.07. The van der Waals surface area contributed by atoms with Crippen molar-refractivity contribution in [2.75, 3.05) is 13.6 Å². The number of aromatic nitrogens is 1. The van der Waals surface area contributed by atoms with Crippen LogP contribution >= 0.6 is 11.3 Å². The number of nitrogens with zero attached hydrogens (tertiary/aromatic N) is 3. The lowest BCUT2D eigenvalue weighted by molar-refractivity contribution is -0.141. The van der Waals surface area contributed by atoms with E-state index in [-0.39, 0.29) is 13.0 Å². The zero-order valence-electron chi connectivity index (χ0n) is 10.4. The summed E-state index contributed by atoms with van der Waals surface area (Å²) in [5, 5.41) is 20.4. The van der Waals surface area contributed by atoms with Gasteiger partial charge in [0.05, 0.1) is 23.9 Å². The number of thiazole rings is 1. The van der Waals surface area contributed by atoms with Crippen molar-refractivity contribution in [1.82, 2.24) is 14.8 Å². The normalized spacial score (nSPS) is 22.5. The standard InChI is InChI=1S/C11H15N3O4S/c1-13(3-7-5-19-6-12-7)11(18)14-4-8(15)2-9(14)10(16)17/h5-6,8-9,15H,2-4H2,1H3,(H,16,17). The highest BCUT2D eigenvalue weighted by Gasteiger charge is 2.40. The molecule has 2 heterocycles. The monoisotopic (exact) mass is 285 g/mol. The van der Waals surface area contributed by atoms with Crippen LogP contribution in [0.15, 0.2) is 10.9 Å². The fourth-order valence-electron chi connectivity index (χ4n) is 2.10. The van der Waals surface area contributed by atoms with E-state index in [4.69, 9.17) is 5.11 Å². The lowest BCUT2D eigenvalue weighted by Gasteiger charge is -2.27. The summed E-state index contributed by atoms with van der Waals surface area (Å²) in [5.74, 6) is -1.09. The number of urea groups is 1. The fourth-order valence-corrected chi connectivity index (χ4v) is 2.65. The number of rotatable bonds is 3. The van der Waals surface area contributed by atoms with Gasteiger partial charge in [0, 0.05) is 25.4 Å². The van der Waals surface area contributed by atoms with Crippen LogP contribution in [0.3, 0.4) is 0 Å². The van der Waals surface area contributed by atoms with E-state index >= 15 is 0 Å². The molecule has 0 saturated carbocycles. The van der Waals surface area contributed by atoms with E-state index in [0.29, 0.717) is 6.54 Å². The van der Waals surface area contributed by atoms with Gasteiger partial charge in [-0.15, -0.1) is 11.3 Å². The molecule has 1 aliphatic heterocycles. The minimum atomic E-state index is -1.09. The molecule has 19 heavy (non-hydrogen) atoms. The van der Waals surface area contributed by atoms with Gasteiger partial charge in [0.25, 0.3) is 0 Å². The van der Waals surface area contributed by atoms with E-state index in [1.807, 2.05) is 5.38 Å². The van der Waals surface area contributed by atoms with E-state index in [2.05, 4.69) is 4.98 Å². The van der Waals surface area contributed by atoms with E-state index in [0.717, 1.165) is 5.69 Å². The lowest BCUT2D eigenvalue weighted by Crippen LogP contribution is -2.46.